The molecule has 2 rings (SSSR count). The molecule has 1 aromatic heterocycles. The smallest absolute Gasteiger partial charge is 0.167 e. The lowest BCUT2D eigenvalue weighted by Crippen LogP contribution is -2.25. The molecule has 0 aromatic carbocycles. The first kappa shape index (κ1) is 12.2. The SMILES string of the molecule is Cc1cncc(C(=O)C2CCC(CN)CC2)c1. The van der Waals surface area contributed by atoms with E-state index >= 15 is 0 Å². The van der Waals surface area contributed by atoms with Gasteiger partial charge in [0.1, 0.15) is 0 Å². The standard InChI is InChI=1S/C14H20N2O/c1-10-6-13(9-16-8-10)14(17)12-4-2-11(7-15)3-5-12/h6,8-9,11-12H,2-5,7,15H2,1H3. The van der Waals surface area contributed by atoms with Crippen molar-refractivity contribution in [2.45, 2.75) is 32.6 Å². The molecule has 0 saturated heterocycles. The second kappa shape index (κ2) is 5.41. The van der Waals surface area contributed by atoms with Crippen LogP contribution < -0.4 is 5.73 Å². The number of hydrogen-bond acceptors (Lipinski definition) is 3. The third kappa shape index (κ3) is 2.91. The van der Waals surface area contributed by atoms with Crippen molar-refractivity contribution >= 4 is 5.78 Å². The Labute approximate surface area is 102 Å². The third-order valence-corrected chi connectivity index (χ3v) is 3.71. The minimum absolute atomic E-state index is 0.182. The van der Waals surface area contributed by atoms with Gasteiger partial charge in [-0.15, -0.1) is 0 Å². The fourth-order valence-corrected chi connectivity index (χ4v) is 2.59. The van der Waals surface area contributed by atoms with Crippen molar-refractivity contribution < 1.29 is 4.79 Å². The summed E-state index contributed by atoms with van der Waals surface area (Å²) >= 11 is 0. The number of aromatic nitrogens is 1. The molecule has 3 nitrogen and oxygen atoms in total. The number of nitrogens with zero attached hydrogens (tertiary/aromatic N) is 1. The molecule has 92 valence electrons. The van der Waals surface area contributed by atoms with Gasteiger partial charge >= 0.3 is 0 Å². The van der Waals surface area contributed by atoms with E-state index in [-0.39, 0.29) is 11.7 Å². The molecule has 1 saturated carbocycles. The van der Waals surface area contributed by atoms with Crippen molar-refractivity contribution in [1.29, 1.82) is 0 Å². The fourth-order valence-electron chi connectivity index (χ4n) is 2.59. The third-order valence-electron chi connectivity index (χ3n) is 3.71. The van der Waals surface area contributed by atoms with E-state index < -0.39 is 0 Å². The van der Waals surface area contributed by atoms with Crippen LogP contribution in [0.3, 0.4) is 0 Å². The van der Waals surface area contributed by atoms with E-state index in [2.05, 4.69) is 4.98 Å². The number of carbonyl (C=O) groups excluding carboxylic acids is 1. The number of hydrogen-bond donors (Lipinski definition) is 1. The number of Topliss-reactive ketones (excluding diaryl/α,β-unsaturated/α-hetero) is 1. The first-order valence-corrected chi connectivity index (χ1v) is 6.36. The van der Waals surface area contributed by atoms with E-state index in [9.17, 15) is 4.79 Å². The van der Waals surface area contributed by atoms with Gasteiger partial charge in [0.2, 0.25) is 0 Å². The van der Waals surface area contributed by atoms with Crippen molar-refractivity contribution in [2.75, 3.05) is 6.54 Å². The molecule has 0 unspecified atom stereocenters. The monoisotopic (exact) mass is 232 g/mol. The number of aryl methyl sites for hydroxylation is 1. The first-order chi connectivity index (χ1) is 8.20. The van der Waals surface area contributed by atoms with Crippen LogP contribution in [0.5, 0.6) is 0 Å². The number of pyridine rings is 1. The lowest BCUT2D eigenvalue weighted by molar-refractivity contribution is 0.0873. The van der Waals surface area contributed by atoms with Crippen molar-refractivity contribution in [2.24, 2.45) is 17.6 Å². The van der Waals surface area contributed by atoms with Gasteiger partial charge in [0.15, 0.2) is 5.78 Å². The normalized spacial score (nSPS) is 24.6. The Morgan fingerprint density at radius 1 is 1.35 bits per heavy atom. The average molecular weight is 232 g/mol. The van der Waals surface area contributed by atoms with Crippen molar-refractivity contribution in [3.8, 4) is 0 Å². The maximum atomic E-state index is 12.3. The molecular formula is C14H20N2O. The van der Waals surface area contributed by atoms with E-state index in [1.165, 1.54) is 0 Å². The van der Waals surface area contributed by atoms with Crippen LogP contribution in [0.15, 0.2) is 18.5 Å². The highest BCUT2D eigenvalue weighted by Gasteiger charge is 2.26. The van der Waals surface area contributed by atoms with Gasteiger partial charge in [-0.1, -0.05) is 0 Å². The summed E-state index contributed by atoms with van der Waals surface area (Å²) in [4.78, 5) is 16.4. The Morgan fingerprint density at radius 3 is 2.65 bits per heavy atom. The van der Waals surface area contributed by atoms with Crippen LogP contribution in [-0.4, -0.2) is 17.3 Å². The highest BCUT2D eigenvalue weighted by molar-refractivity contribution is 5.97. The van der Waals surface area contributed by atoms with Gasteiger partial charge < -0.3 is 5.73 Å². The Balaban J connectivity index is 2.02. The number of carbonyl (C=O) groups is 1. The minimum atomic E-state index is 0.182. The lowest BCUT2D eigenvalue weighted by atomic mass is 9.79. The summed E-state index contributed by atoms with van der Waals surface area (Å²) in [5, 5.41) is 0. The van der Waals surface area contributed by atoms with Gasteiger partial charge in [0.25, 0.3) is 0 Å². The zero-order chi connectivity index (χ0) is 12.3. The van der Waals surface area contributed by atoms with Gasteiger partial charge in [0.05, 0.1) is 0 Å². The van der Waals surface area contributed by atoms with Crippen molar-refractivity contribution in [3.05, 3.63) is 29.6 Å². The van der Waals surface area contributed by atoms with Crippen molar-refractivity contribution in [3.63, 3.8) is 0 Å². The van der Waals surface area contributed by atoms with E-state index in [0.29, 0.717) is 5.92 Å². The van der Waals surface area contributed by atoms with Crippen LogP contribution in [0.25, 0.3) is 0 Å². The van der Waals surface area contributed by atoms with Crippen LogP contribution >= 0.6 is 0 Å². The zero-order valence-electron chi connectivity index (χ0n) is 10.4. The molecule has 0 spiro atoms. The lowest BCUT2D eigenvalue weighted by Gasteiger charge is -2.26. The Morgan fingerprint density at radius 2 is 2.06 bits per heavy atom. The highest BCUT2D eigenvalue weighted by atomic mass is 16.1. The summed E-state index contributed by atoms with van der Waals surface area (Å²) in [5.74, 6) is 1.06. The molecule has 0 aliphatic heterocycles. The maximum absolute atomic E-state index is 12.3. The van der Waals surface area contributed by atoms with Gasteiger partial charge in [-0.2, -0.15) is 0 Å². The minimum Gasteiger partial charge on any atom is -0.330 e. The average Bonchev–Trinajstić information content (AvgIpc) is 2.38. The zero-order valence-corrected chi connectivity index (χ0v) is 10.4. The first-order valence-electron chi connectivity index (χ1n) is 6.36. The van der Waals surface area contributed by atoms with Gasteiger partial charge in [0, 0.05) is 23.9 Å². The Hall–Kier alpha value is -1.22. The largest absolute Gasteiger partial charge is 0.330 e. The molecular weight excluding hydrogens is 212 g/mol. The second-order valence-corrected chi connectivity index (χ2v) is 5.07. The predicted octanol–water partition coefficient (Wildman–Crippen LogP) is 2.34. The molecule has 0 radical (unpaired) electrons. The maximum Gasteiger partial charge on any atom is 0.167 e. The number of ketones is 1. The van der Waals surface area contributed by atoms with Crippen LogP contribution in [0.2, 0.25) is 0 Å². The van der Waals surface area contributed by atoms with Crippen molar-refractivity contribution in [1.82, 2.24) is 4.98 Å². The second-order valence-electron chi connectivity index (χ2n) is 5.07. The number of rotatable bonds is 3. The van der Waals surface area contributed by atoms with E-state index in [0.717, 1.165) is 43.4 Å². The summed E-state index contributed by atoms with van der Waals surface area (Å²) in [6.07, 6.45) is 7.61. The predicted molar refractivity (Wildman–Crippen MR) is 67.8 cm³/mol. The molecule has 1 heterocycles. The Kier molecular flexibility index (Phi) is 3.89. The van der Waals surface area contributed by atoms with Crippen LogP contribution in [-0.2, 0) is 0 Å². The summed E-state index contributed by atoms with van der Waals surface area (Å²) in [5.41, 5.74) is 7.47. The molecule has 1 aliphatic carbocycles. The molecule has 1 aromatic rings. The summed E-state index contributed by atoms with van der Waals surface area (Å²) in [6.45, 7) is 2.72. The summed E-state index contributed by atoms with van der Waals surface area (Å²) in [7, 11) is 0. The molecule has 0 bridgehead atoms. The van der Waals surface area contributed by atoms with Crippen LogP contribution in [0, 0.1) is 18.8 Å². The molecule has 2 N–H and O–H groups in total. The Bertz CT molecular complexity index is 395. The van der Waals surface area contributed by atoms with Gasteiger partial charge in [-0.25, -0.2) is 0 Å². The van der Waals surface area contributed by atoms with E-state index in [1.807, 2.05) is 13.0 Å². The highest BCUT2D eigenvalue weighted by Crippen LogP contribution is 2.30. The van der Waals surface area contributed by atoms with Crippen LogP contribution in [0.1, 0.15) is 41.6 Å². The van der Waals surface area contributed by atoms with Gasteiger partial charge in [-0.3, -0.25) is 9.78 Å². The molecule has 1 fully saturated rings. The molecule has 17 heavy (non-hydrogen) atoms. The van der Waals surface area contributed by atoms with Gasteiger partial charge in [-0.05, 0) is 56.7 Å². The van der Waals surface area contributed by atoms with E-state index in [4.69, 9.17) is 5.73 Å². The molecule has 0 atom stereocenters. The van der Waals surface area contributed by atoms with Crippen LogP contribution in [0.4, 0.5) is 0 Å². The summed E-state index contributed by atoms with van der Waals surface area (Å²) in [6, 6.07) is 1.93. The summed E-state index contributed by atoms with van der Waals surface area (Å²) < 4.78 is 0. The number of nitrogens with two attached hydrogens (primary N) is 1. The molecule has 3 heteroatoms. The molecule has 1 aliphatic rings. The topological polar surface area (TPSA) is 56.0 Å². The fraction of sp³-hybridized carbons (Fsp3) is 0.571. The quantitative estimate of drug-likeness (QED) is 0.814. The molecule has 0 amide bonds. The van der Waals surface area contributed by atoms with E-state index in [1.54, 1.807) is 12.4 Å².